The van der Waals surface area contributed by atoms with Gasteiger partial charge in [0.15, 0.2) is 0 Å². The highest BCUT2D eigenvalue weighted by Gasteiger charge is 2.19. The maximum Gasteiger partial charge on any atom is 0.118 e. The lowest BCUT2D eigenvalue weighted by atomic mass is 9.96. The molecule has 3 nitrogen and oxygen atoms in total. The van der Waals surface area contributed by atoms with Crippen LogP contribution < -0.4 is 5.73 Å². The molecule has 2 aromatic rings. The normalized spacial score (nSPS) is 12.3. The summed E-state index contributed by atoms with van der Waals surface area (Å²) < 4.78 is 2.13. The van der Waals surface area contributed by atoms with Gasteiger partial charge < -0.3 is 10.1 Å². The predicted octanol–water partition coefficient (Wildman–Crippen LogP) is 2.09. The van der Waals surface area contributed by atoms with Gasteiger partial charge in [-0.3, -0.25) is 0 Å². The summed E-state index contributed by atoms with van der Waals surface area (Å²) in [6.45, 7) is 7.05. The van der Waals surface area contributed by atoms with E-state index in [-0.39, 0.29) is 5.41 Å². The number of nitrogens with two attached hydrogens (primary N) is 1. The van der Waals surface area contributed by atoms with Gasteiger partial charge in [0.2, 0.25) is 0 Å². The van der Waals surface area contributed by atoms with Gasteiger partial charge in [-0.05, 0) is 11.6 Å². The first-order valence-corrected chi connectivity index (χ1v) is 5.19. The third-order valence-electron chi connectivity index (χ3n) is 2.55. The van der Waals surface area contributed by atoms with Crippen molar-refractivity contribution in [3.05, 3.63) is 35.9 Å². The average Bonchev–Trinajstić information content (AvgIpc) is 2.59. The highest BCUT2D eigenvalue weighted by atomic mass is 15.0. The van der Waals surface area contributed by atoms with Crippen LogP contribution in [0.15, 0.2) is 24.5 Å². The van der Waals surface area contributed by atoms with Gasteiger partial charge in [0.1, 0.15) is 5.82 Å². The Balaban J connectivity index is 2.72. The summed E-state index contributed by atoms with van der Waals surface area (Å²) >= 11 is 0. The lowest BCUT2D eigenvalue weighted by Gasteiger charge is -2.17. The van der Waals surface area contributed by atoms with Crippen LogP contribution in [0, 0.1) is 0 Å². The van der Waals surface area contributed by atoms with Crippen LogP contribution in [0.3, 0.4) is 0 Å². The highest BCUT2D eigenvalue weighted by Crippen LogP contribution is 2.23. The largest absolute Gasteiger partial charge is 0.326 e. The van der Waals surface area contributed by atoms with E-state index in [4.69, 9.17) is 5.73 Å². The molecule has 80 valence electrons. The fourth-order valence-corrected chi connectivity index (χ4v) is 1.81. The van der Waals surface area contributed by atoms with Crippen molar-refractivity contribution < 1.29 is 0 Å². The number of hydrogen-bond donors (Lipinski definition) is 1. The lowest BCUT2D eigenvalue weighted by Crippen LogP contribution is -2.16. The molecular weight excluding hydrogens is 186 g/mol. The highest BCUT2D eigenvalue weighted by molar-refractivity contribution is 5.54. The minimum Gasteiger partial charge on any atom is -0.326 e. The van der Waals surface area contributed by atoms with E-state index in [1.165, 1.54) is 0 Å². The first-order valence-electron chi connectivity index (χ1n) is 5.19. The molecule has 2 aromatic heterocycles. The van der Waals surface area contributed by atoms with Crippen molar-refractivity contribution in [1.82, 2.24) is 9.38 Å². The van der Waals surface area contributed by atoms with Crippen molar-refractivity contribution in [3.63, 3.8) is 0 Å². The summed E-state index contributed by atoms with van der Waals surface area (Å²) in [6, 6.07) is 4.07. The summed E-state index contributed by atoms with van der Waals surface area (Å²) in [5, 5.41) is 0. The number of aromatic nitrogens is 2. The van der Waals surface area contributed by atoms with Gasteiger partial charge in [0.25, 0.3) is 0 Å². The number of hydrogen-bond acceptors (Lipinski definition) is 2. The molecule has 0 unspecified atom stereocenters. The van der Waals surface area contributed by atoms with E-state index in [1.54, 1.807) is 0 Å². The summed E-state index contributed by atoms with van der Waals surface area (Å²) in [5.41, 5.74) is 8.00. The molecule has 0 bridgehead atoms. The van der Waals surface area contributed by atoms with Crippen molar-refractivity contribution in [2.75, 3.05) is 0 Å². The number of pyridine rings is 1. The summed E-state index contributed by atoms with van der Waals surface area (Å²) in [5.74, 6) is 1.08. The first kappa shape index (κ1) is 10.2. The summed E-state index contributed by atoms with van der Waals surface area (Å²) in [6.07, 6.45) is 3.95. The molecule has 0 saturated heterocycles. The first-order chi connectivity index (χ1) is 7.04. The lowest BCUT2D eigenvalue weighted by molar-refractivity contribution is 0.543. The third kappa shape index (κ3) is 1.63. The van der Waals surface area contributed by atoms with Gasteiger partial charge >= 0.3 is 0 Å². The summed E-state index contributed by atoms with van der Waals surface area (Å²) in [7, 11) is 0. The van der Waals surface area contributed by atoms with Crippen LogP contribution in [0.5, 0.6) is 0 Å². The van der Waals surface area contributed by atoms with Gasteiger partial charge in [0.05, 0.1) is 11.7 Å². The second-order valence-corrected chi connectivity index (χ2v) is 4.82. The van der Waals surface area contributed by atoms with E-state index >= 15 is 0 Å². The van der Waals surface area contributed by atoms with Gasteiger partial charge in [0, 0.05) is 18.2 Å². The SMILES string of the molecule is CC(C)(C)c1ncc2c(CN)cccn12. The van der Waals surface area contributed by atoms with E-state index in [1.807, 2.05) is 24.5 Å². The van der Waals surface area contributed by atoms with E-state index < -0.39 is 0 Å². The number of nitrogens with zero attached hydrogens (tertiary/aromatic N) is 2. The number of fused-ring (bicyclic) bond motifs is 1. The van der Waals surface area contributed by atoms with Crippen molar-refractivity contribution in [3.8, 4) is 0 Å². The van der Waals surface area contributed by atoms with E-state index in [2.05, 4.69) is 30.2 Å². The minimum absolute atomic E-state index is 0.0552. The minimum atomic E-state index is 0.0552. The Morgan fingerprint density at radius 1 is 1.40 bits per heavy atom. The molecule has 15 heavy (non-hydrogen) atoms. The van der Waals surface area contributed by atoms with Crippen molar-refractivity contribution in [2.24, 2.45) is 5.73 Å². The monoisotopic (exact) mass is 203 g/mol. The Labute approximate surface area is 89.9 Å². The quantitative estimate of drug-likeness (QED) is 0.771. The van der Waals surface area contributed by atoms with Crippen molar-refractivity contribution in [2.45, 2.75) is 32.7 Å². The van der Waals surface area contributed by atoms with Gasteiger partial charge in [-0.1, -0.05) is 26.8 Å². The molecule has 0 fully saturated rings. The van der Waals surface area contributed by atoms with Gasteiger partial charge in [-0.25, -0.2) is 4.98 Å². The molecule has 2 heterocycles. The zero-order valence-electron chi connectivity index (χ0n) is 9.49. The molecule has 0 amide bonds. The smallest absolute Gasteiger partial charge is 0.118 e. The molecule has 0 saturated carbocycles. The van der Waals surface area contributed by atoms with E-state index in [9.17, 15) is 0 Å². The Bertz CT molecular complexity index is 477. The fraction of sp³-hybridized carbons (Fsp3) is 0.417. The molecular formula is C12H17N3. The topological polar surface area (TPSA) is 43.3 Å². The Hall–Kier alpha value is -1.35. The summed E-state index contributed by atoms with van der Waals surface area (Å²) in [4.78, 5) is 4.48. The molecule has 2 rings (SSSR count). The fourth-order valence-electron chi connectivity index (χ4n) is 1.81. The molecule has 2 N–H and O–H groups in total. The maximum atomic E-state index is 5.69. The second-order valence-electron chi connectivity index (χ2n) is 4.82. The Morgan fingerprint density at radius 3 is 2.73 bits per heavy atom. The molecule has 0 aromatic carbocycles. The zero-order valence-corrected chi connectivity index (χ0v) is 9.49. The number of rotatable bonds is 1. The zero-order chi connectivity index (χ0) is 11.1. The van der Waals surface area contributed by atoms with Crippen molar-refractivity contribution >= 4 is 5.52 Å². The van der Waals surface area contributed by atoms with Crippen LogP contribution in [0.25, 0.3) is 5.52 Å². The molecule has 0 aliphatic carbocycles. The molecule has 0 atom stereocenters. The van der Waals surface area contributed by atoms with Gasteiger partial charge in [-0.15, -0.1) is 0 Å². The molecule has 3 heteroatoms. The predicted molar refractivity (Wildman–Crippen MR) is 61.8 cm³/mol. The Kier molecular flexibility index (Phi) is 2.27. The van der Waals surface area contributed by atoms with Crippen LogP contribution >= 0.6 is 0 Å². The average molecular weight is 203 g/mol. The van der Waals surface area contributed by atoms with E-state index in [0.717, 1.165) is 16.9 Å². The van der Waals surface area contributed by atoms with Crippen molar-refractivity contribution in [1.29, 1.82) is 0 Å². The van der Waals surface area contributed by atoms with Crippen LogP contribution in [0.4, 0.5) is 0 Å². The van der Waals surface area contributed by atoms with Crippen LogP contribution in [-0.2, 0) is 12.0 Å². The Morgan fingerprint density at radius 2 is 2.13 bits per heavy atom. The van der Waals surface area contributed by atoms with E-state index in [0.29, 0.717) is 6.54 Å². The second kappa shape index (κ2) is 3.35. The van der Waals surface area contributed by atoms with Crippen LogP contribution in [0.2, 0.25) is 0 Å². The molecule has 0 aliphatic heterocycles. The van der Waals surface area contributed by atoms with Crippen LogP contribution in [0.1, 0.15) is 32.2 Å². The molecule has 0 aliphatic rings. The van der Waals surface area contributed by atoms with Crippen LogP contribution in [-0.4, -0.2) is 9.38 Å². The standard InChI is InChI=1S/C12H17N3/c1-12(2,3)11-14-8-10-9(7-13)5-4-6-15(10)11/h4-6,8H,7,13H2,1-3H3. The van der Waals surface area contributed by atoms with Gasteiger partial charge in [-0.2, -0.15) is 0 Å². The number of imidazole rings is 1. The molecule has 0 radical (unpaired) electrons. The maximum absolute atomic E-state index is 5.69. The molecule has 0 spiro atoms. The third-order valence-corrected chi connectivity index (χ3v) is 2.55.